The summed E-state index contributed by atoms with van der Waals surface area (Å²) in [7, 11) is 0. The first-order chi connectivity index (χ1) is 9.24. The number of nitrogens with zero attached hydrogens (tertiary/aromatic N) is 1. The van der Waals surface area contributed by atoms with Crippen molar-refractivity contribution in [2.24, 2.45) is 5.92 Å². The van der Waals surface area contributed by atoms with Gasteiger partial charge in [-0.15, -0.1) is 0 Å². The molecule has 0 radical (unpaired) electrons. The van der Waals surface area contributed by atoms with E-state index in [1.807, 2.05) is 18.2 Å². The van der Waals surface area contributed by atoms with Crippen LogP contribution in [0.2, 0.25) is 0 Å². The maximum absolute atomic E-state index is 11.1. The Morgan fingerprint density at radius 2 is 2.32 bits per heavy atom. The molecule has 1 fully saturated rings. The normalized spacial score (nSPS) is 27.6. The summed E-state index contributed by atoms with van der Waals surface area (Å²) < 4.78 is 0. The van der Waals surface area contributed by atoms with E-state index in [1.165, 1.54) is 0 Å². The van der Waals surface area contributed by atoms with Gasteiger partial charge in [0, 0.05) is 24.0 Å². The molecule has 0 bridgehead atoms. The summed E-state index contributed by atoms with van der Waals surface area (Å²) in [6.45, 7) is 3.90. The number of nitrogens with one attached hydrogen (secondary N) is 1. The van der Waals surface area contributed by atoms with Crippen LogP contribution in [0.1, 0.15) is 25.3 Å². The highest BCUT2D eigenvalue weighted by Crippen LogP contribution is 2.37. The number of hydrogen-bond donors (Lipinski definition) is 2. The molecule has 1 aliphatic heterocycles. The van der Waals surface area contributed by atoms with Gasteiger partial charge in [0.2, 0.25) is 0 Å². The van der Waals surface area contributed by atoms with E-state index in [1.54, 1.807) is 6.20 Å². The van der Waals surface area contributed by atoms with E-state index in [2.05, 4.69) is 29.4 Å². The molecule has 2 atom stereocenters. The number of hydrogen-bond acceptors (Lipinski definition) is 3. The fourth-order valence-corrected chi connectivity index (χ4v) is 3.14. The van der Waals surface area contributed by atoms with Crippen molar-refractivity contribution in [1.82, 2.24) is 10.3 Å². The molecule has 2 aromatic rings. The van der Waals surface area contributed by atoms with Crippen molar-refractivity contribution >= 4 is 10.9 Å². The van der Waals surface area contributed by atoms with Crippen LogP contribution in [0.25, 0.3) is 10.9 Å². The van der Waals surface area contributed by atoms with E-state index in [0.29, 0.717) is 0 Å². The second-order valence-corrected chi connectivity index (χ2v) is 5.39. The summed E-state index contributed by atoms with van der Waals surface area (Å²) in [6, 6.07) is 10.1. The number of aliphatic hydroxyl groups is 1. The molecule has 19 heavy (non-hydrogen) atoms. The average Bonchev–Trinajstić information content (AvgIpc) is 2.47. The van der Waals surface area contributed by atoms with E-state index in [4.69, 9.17) is 0 Å². The molecule has 2 heterocycles. The third-order valence-corrected chi connectivity index (χ3v) is 4.34. The quantitative estimate of drug-likeness (QED) is 0.867. The first kappa shape index (κ1) is 12.6. The molecule has 0 aliphatic carbocycles. The van der Waals surface area contributed by atoms with Crippen LogP contribution in [0.5, 0.6) is 0 Å². The molecule has 3 rings (SSSR count). The van der Waals surface area contributed by atoms with Gasteiger partial charge in [-0.25, -0.2) is 0 Å². The Balaban J connectivity index is 2.06. The molecule has 2 unspecified atom stereocenters. The fourth-order valence-electron chi connectivity index (χ4n) is 3.14. The Morgan fingerprint density at radius 1 is 1.42 bits per heavy atom. The summed E-state index contributed by atoms with van der Waals surface area (Å²) >= 11 is 0. The van der Waals surface area contributed by atoms with Crippen molar-refractivity contribution in [1.29, 1.82) is 0 Å². The van der Waals surface area contributed by atoms with E-state index >= 15 is 0 Å². The highest BCUT2D eigenvalue weighted by atomic mass is 16.3. The SMILES string of the molecule is CCC1CNCCC1(O)c1ccc2ncccc2c1. The predicted molar refractivity (Wildman–Crippen MR) is 76.9 cm³/mol. The third kappa shape index (κ3) is 2.13. The van der Waals surface area contributed by atoms with Gasteiger partial charge in [0.15, 0.2) is 0 Å². The first-order valence-corrected chi connectivity index (χ1v) is 7.02. The number of aromatic nitrogens is 1. The lowest BCUT2D eigenvalue weighted by molar-refractivity contribution is -0.0477. The van der Waals surface area contributed by atoms with Crippen LogP contribution >= 0.6 is 0 Å². The van der Waals surface area contributed by atoms with Gasteiger partial charge in [-0.1, -0.05) is 19.1 Å². The summed E-state index contributed by atoms with van der Waals surface area (Å²) in [5.74, 6) is 0.273. The van der Waals surface area contributed by atoms with E-state index in [-0.39, 0.29) is 5.92 Å². The second-order valence-electron chi connectivity index (χ2n) is 5.39. The van der Waals surface area contributed by atoms with Crippen LogP contribution in [-0.4, -0.2) is 23.2 Å². The van der Waals surface area contributed by atoms with Crippen molar-refractivity contribution in [2.45, 2.75) is 25.4 Å². The Bertz CT molecular complexity index is 584. The summed E-state index contributed by atoms with van der Waals surface area (Å²) in [5.41, 5.74) is 1.31. The van der Waals surface area contributed by atoms with Gasteiger partial charge in [-0.2, -0.15) is 0 Å². The number of fused-ring (bicyclic) bond motifs is 1. The topological polar surface area (TPSA) is 45.1 Å². The fraction of sp³-hybridized carbons (Fsp3) is 0.438. The van der Waals surface area contributed by atoms with Crippen LogP contribution in [-0.2, 0) is 5.60 Å². The Hall–Kier alpha value is -1.45. The van der Waals surface area contributed by atoms with Gasteiger partial charge >= 0.3 is 0 Å². The summed E-state index contributed by atoms with van der Waals surface area (Å²) in [5, 5.41) is 15.6. The lowest BCUT2D eigenvalue weighted by Crippen LogP contribution is -2.47. The first-order valence-electron chi connectivity index (χ1n) is 7.02. The van der Waals surface area contributed by atoms with Gasteiger partial charge in [0.05, 0.1) is 11.1 Å². The largest absolute Gasteiger partial charge is 0.385 e. The maximum Gasteiger partial charge on any atom is 0.0948 e. The summed E-state index contributed by atoms with van der Waals surface area (Å²) in [6.07, 6.45) is 3.56. The lowest BCUT2D eigenvalue weighted by Gasteiger charge is -2.40. The van der Waals surface area contributed by atoms with Gasteiger partial charge in [0.1, 0.15) is 0 Å². The van der Waals surface area contributed by atoms with Crippen molar-refractivity contribution < 1.29 is 5.11 Å². The number of rotatable bonds is 2. The predicted octanol–water partition coefficient (Wildman–Crippen LogP) is 2.44. The minimum atomic E-state index is -0.704. The van der Waals surface area contributed by atoms with E-state index in [0.717, 1.165) is 42.4 Å². The zero-order valence-electron chi connectivity index (χ0n) is 11.3. The maximum atomic E-state index is 11.1. The average molecular weight is 256 g/mol. The van der Waals surface area contributed by atoms with Gasteiger partial charge in [-0.05, 0) is 43.1 Å². The van der Waals surface area contributed by atoms with Gasteiger partial charge < -0.3 is 10.4 Å². The van der Waals surface area contributed by atoms with Crippen LogP contribution in [0.3, 0.4) is 0 Å². The standard InChI is InChI=1S/C16H20N2O/c1-2-13-11-17-9-7-16(13,19)14-5-6-15-12(10-14)4-3-8-18-15/h3-6,8,10,13,17,19H,2,7,9,11H2,1H3. The van der Waals surface area contributed by atoms with Crippen LogP contribution in [0.4, 0.5) is 0 Å². The van der Waals surface area contributed by atoms with Crippen molar-refractivity contribution in [3.8, 4) is 0 Å². The number of benzene rings is 1. The molecule has 3 nitrogen and oxygen atoms in total. The molecule has 1 aliphatic rings. The van der Waals surface area contributed by atoms with Gasteiger partial charge in [-0.3, -0.25) is 4.98 Å². The zero-order valence-corrected chi connectivity index (χ0v) is 11.3. The minimum Gasteiger partial charge on any atom is -0.385 e. The Morgan fingerprint density at radius 3 is 3.16 bits per heavy atom. The molecule has 3 heteroatoms. The monoisotopic (exact) mass is 256 g/mol. The molecule has 100 valence electrons. The Kier molecular flexibility index (Phi) is 3.25. The number of piperidine rings is 1. The van der Waals surface area contributed by atoms with E-state index in [9.17, 15) is 5.11 Å². The van der Waals surface area contributed by atoms with Crippen LogP contribution in [0, 0.1) is 5.92 Å². The molecular weight excluding hydrogens is 236 g/mol. The zero-order chi connectivity index (χ0) is 13.3. The molecule has 1 aromatic heterocycles. The van der Waals surface area contributed by atoms with Crippen molar-refractivity contribution in [3.63, 3.8) is 0 Å². The van der Waals surface area contributed by atoms with Crippen molar-refractivity contribution in [3.05, 3.63) is 42.1 Å². The molecule has 1 saturated heterocycles. The highest BCUT2D eigenvalue weighted by molar-refractivity contribution is 5.79. The molecule has 2 N–H and O–H groups in total. The minimum absolute atomic E-state index is 0.273. The van der Waals surface area contributed by atoms with Crippen LogP contribution in [0.15, 0.2) is 36.5 Å². The second kappa shape index (κ2) is 4.91. The third-order valence-electron chi connectivity index (χ3n) is 4.34. The van der Waals surface area contributed by atoms with Gasteiger partial charge in [0.25, 0.3) is 0 Å². The summed E-state index contributed by atoms with van der Waals surface area (Å²) in [4.78, 5) is 4.34. The molecule has 0 saturated carbocycles. The van der Waals surface area contributed by atoms with Crippen molar-refractivity contribution in [2.75, 3.05) is 13.1 Å². The van der Waals surface area contributed by atoms with E-state index < -0.39 is 5.60 Å². The molecule has 0 amide bonds. The number of pyridine rings is 1. The smallest absolute Gasteiger partial charge is 0.0948 e. The molecular formula is C16H20N2O. The highest BCUT2D eigenvalue weighted by Gasteiger charge is 2.39. The lowest BCUT2D eigenvalue weighted by atomic mass is 9.75. The Labute approximate surface area is 113 Å². The molecule has 0 spiro atoms. The molecule has 1 aromatic carbocycles. The van der Waals surface area contributed by atoms with Crippen LogP contribution < -0.4 is 5.32 Å².